The summed E-state index contributed by atoms with van der Waals surface area (Å²) >= 11 is 0. The van der Waals surface area contributed by atoms with Crippen LogP contribution in [0.15, 0.2) is 0 Å². The zero-order valence-electron chi connectivity index (χ0n) is 57.2. The molecule has 0 amide bonds. The molecule has 0 bridgehead atoms. The van der Waals surface area contributed by atoms with Crippen LogP contribution >= 0.6 is 15.6 Å². The number of aliphatic hydroxyl groups excluding tert-OH is 1. The minimum absolute atomic E-state index is 0.104. The number of ether oxygens (including phenoxy) is 4. The predicted molar refractivity (Wildman–Crippen MR) is 354 cm³/mol. The first-order valence-electron chi connectivity index (χ1n) is 35.8. The van der Waals surface area contributed by atoms with Crippen LogP contribution in [0.2, 0.25) is 0 Å². The van der Waals surface area contributed by atoms with E-state index in [2.05, 4.69) is 48.5 Å². The van der Waals surface area contributed by atoms with Crippen LogP contribution < -0.4 is 0 Å². The third-order valence-electron chi connectivity index (χ3n) is 15.9. The highest BCUT2D eigenvalue weighted by Gasteiger charge is 2.30. The van der Waals surface area contributed by atoms with Crippen LogP contribution in [0.1, 0.15) is 344 Å². The third-order valence-corrected chi connectivity index (χ3v) is 17.8. The van der Waals surface area contributed by atoms with Gasteiger partial charge in [0.25, 0.3) is 0 Å². The Bertz CT molecular complexity index is 1730. The number of hydrogen-bond acceptors (Lipinski definition) is 15. The van der Waals surface area contributed by atoms with E-state index in [-0.39, 0.29) is 25.7 Å². The smallest absolute Gasteiger partial charge is 0.462 e. The molecule has 0 saturated carbocycles. The summed E-state index contributed by atoms with van der Waals surface area (Å²) in [7, 11) is -9.90. The van der Waals surface area contributed by atoms with Crippen molar-refractivity contribution in [2.24, 2.45) is 17.8 Å². The van der Waals surface area contributed by atoms with E-state index in [4.69, 9.17) is 37.0 Å². The van der Waals surface area contributed by atoms with Crippen molar-refractivity contribution < 1.29 is 80.2 Å². The summed E-state index contributed by atoms with van der Waals surface area (Å²) in [5.74, 6) is 0.0598. The standard InChI is InChI=1S/C69H134O17P2/c1-8-9-10-11-12-13-14-15-16-17-20-31-38-45-52-68(73)85-64(56-79-66(71)50-43-36-29-21-18-19-26-33-40-47-60(2)3)58-83-87(75,76)81-54-63(70)55-82-88(77,78)84-59-65(86-69(74)53-46-39-32-25-23-28-35-42-49-62(6)7)57-80-67(72)51-44-37-30-24-22-27-34-41-48-61(4)5/h60-65,70H,8-59H2,1-7H3,(H,75,76)(H,77,78)/t63-,64-,65-/m1/s1. The van der Waals surface area contributed by atoms with Crippen molar-refractivity contribution in [3.8, 4) is 0 Å². The van der Waals surface area contributed by atoms with Crippen molar-refractivity contribution in [1.82, 2.24) is 0 Å². The van der Waals surface area contributed by atoms with Gasteiger partial charge >= 0.3 is 39.5 Å². The maximum atomic E-state index is 13.0. The Balaban J connectivity index is 5.26. The van der Waals surface area contributed by atoms with Gasteiger partial charge in [0, 0.05) is 25.7 Å². The van der Waals surface area contributed by atoms with Crippen LogP contribution in [0.5, 0.6) is 0 Å². The minimum Gasteiger partial charge on any atom is -0.462 e. The number of unbranched alkanes of at least 4 members (excludes halogenated alkanes) is 35. The number of hydrogen-bond donors (Lipinski definition) is 3. The van der Waals surface area contributed by atoms with Crippen molar-refractivity contribution in [2.75, 3.05) is 39.6 Å². The van der Waals surface area contributed by atoms with E-state index < -0.39 is 97.5 Å². The fourth-order valence-electron chi connectivity index (χ4n) is 10.4. The molecule has 0 heterocycles. The molecule has 0 aliphatic heterocycles. The monoisotopic (exact) mass is 1300 g/mol. The molecule has 0 aromatic carbocycles. The molecule has 2 unspecified atom stereocenters. The van der Waals surface area contributed by atoms with Gasteiger partial charge in [0.05, 0.1) is 26.4 Å². The number of phosphoric ester groups is 2. The Morgan fingerprint density at radius 1 is 0.307 bits per heavy atom. The molecule has 0 aromatic heterocycles. The van der Waals surface area contributed by atoms with Gasteiger partial charge in [0.15, 0.2) is 12.2 Å². The summed E-state index contributed by atoms with van der Waals surface area (Å²) < 4.78 is 68.2. The molecule has 5 atom stereocenters. The fourth-order valence-corrected chi connectivity index (χ4v) is 11.9. The van der Waals surface area contributed by atoms with Crippen molar-refractivity contribution in [3.05, 3.63) is 0 Å². The van der Waals surface area contributed by atoms with Gasteiger partial charge < -0.3 is 33.8 Å². The lowest BCUT2D eigenvalue weighted by molar-refractivity contribution is -0.161. The number of phosphoric acid groups is 2. The molecule has 522 valence electrons. The summed E-state index contributed by atoms with van der Waals surface area (Å²) in [6.07, 6.45) is 43.1. The highest BCUT2D eigenvalue weighted by atomic mass is 31.2. The lowest BCUT2D eigenvalue weighted by Gasteiger charge is -2.21. The highest BCUT2D eigenvalue weighted by molar-refractivity contribution is 7.47. The SMILES string of the molecule is CCCCCCCCCCCCCCCCC(=O)O[C@H](COC(=O)CCCCCCCCCCCC(C)C)COP(=O)(O)OC[C@@H](O)COP(=O)(O)OC[C@@H](COC(=O)CCCCCCCCCCC(C)C)OC(=O)CCCCCCCCCCC(C)C. The van der Waals surface area contributed by atoms with Gasteiger partial charge in [-0.05, 0) is 43.4 Å². The Hall–Kier alpha value is -1.94. The molecular formula is C69H134O17P2. The fraction of sp³-hybridized carbons (Fsp3) is 0.942. The van der Waals surface area contributed by atoms with Crippen molar-refractivity contribution in [1.29, 1.82) is 0 Å². The zero-order valence-corrected chi connectivity index (χ0v) is 59.0. The molecule has 19 heteroatoms. The second-order valence-corrected chi connectivity index (χ2v) is 29.3. The molecule has 0 aromatic rings. The molecule has 0 rings (SSSR count). The van der Waals surface area contributed by atoms with E-state index in [9.17, 15) is 43.2 Å². The summed E-state index contributed by atoms with van der Waals surface area (Å²) in [5.41, 5.74) is 0. The van der Waals surface area contributed by atoms with Crippen LogP contribution in [0.4, 0.5) is 0 Å². The van der Waals surface area contributed by atoms with E-state index >= 15 is 0 Å². The van der Waals surface area contributed by atoms with Gasteiger partial charge in [-0.25, -0.2) is 9.13 Å². The molecule has 17 nitrogen and oxygen atoms in total. The Labute approximate surface area is 537 Å². The molecule has 88 heavy (non-hydrogen) atoms. The first-order valence-corrected chi connectivity index (χ1v) is 38.8. The summed E-state index contributed by atoms with van der Waals surface area (Å²) in [6, 6.07) is 0. The highest BCUT2D eigenvalue weighted by Crippen LogP contribution is 2.45. The van der Waals surface area contributed by atoms with E-state index in [0.717, 1.165) is 108 Å². The van der Waals surface area contributed by atoms with Crippen molar-refractivity contribution in [3.63, 3.8) is 0 Å². The van der Waals surface area contributed by atoms with Crippen molar-refractivity contribution in [2.45, 2.75) is 362 Å². The quantitative estimate of drug-likeness (QED) is 0.0222. The first kappa shape index (κ1) is 86.1. The number of carbonyl (C=O) groups is 4. The zero-order chi connectivity index (χ0) is 65.2. The third kappa shape index (κ3) is 62.8. The van der Waals surface area contributed by atoms with Crippen LogP contribution in [0.3, 0.4) is 0 Å². The lowest BCUT2D eigenvalue weighted by Crippen LogP contribution is -2.30. The second kappa shape index (κ2) is 60.0. The molecule has 0 fully saturated rings. The van der Waals surface area contributed by atoms with Crippen LogP contribution in [-0.2, 0) is 65.4 Å². The molecule has 0 aliphatic carbocycles. The van der Waals surface area contributed by atoms with E-state index in [1.807, 2.05) is 0 Å². The molecule has 0 spiro atoms. The average Bonchev–Trinajstić information content (AvgIpc) is 3.68. The predicted octanol–water partition coefficient (Wildman–Crippen LogP) is 19.5. The number of carbonyl (C=O) groups excluding carboxylic acids is 4. The Morgan fingerprint density at radius 2 is 0.523 bits per heavy atom. The topological polar surface area (TPSA) is 237 Å². The average molecular weight is 1300 g/mol. The molecular weight excluding hydrogens is 1160 g/mol. The van der Waals surface area contributed by atoms with E-state index in [0.29, 0.717) is 25.7 Å². The molecule has 0 radical (unpaired) electrons. The van der Waals surface area contributed by atoms with Gasteiger partial charge in [-0.3, -0.25) is 37.3 Å². The van der Waals surface area contributed by atoms with Gasteiger partial charge in [0.1, 0.15) is 19.3 Å². The second-order valence-electron chi connectivity index (χ2n) is 26.3. The number of aliphatic hydroxyl groups is 1. The van der Waals surface area contributed by atoms with Crippen LogP contribution in [-0.4, -0.2) is 96.7 Å². The van der Waals surface area contributed by atoms with Gasteiger partial charge in [-0.15, -0.1) is 0 Å². The molecule has 0 saturated heterocycles. The minimum atomic E-state index is -4.95. The molecule has 3 N–H and O–H groups in total. The Kier molecular flexibility index (Phi) is 58.7. The van der Waals surface area contributed by atoms with E-state index in [1.54, 1.807) is 0 Å². The number of rotatable bonds is 67. The van der Waals surface area contributed by atoms with Gasteiger partial charge in [-0.2, -0.15) is 0 Å². The van der Waals surface area contributed by atoms with Gasteiger partial charge in [-0.1, -0.05) is 292 Å². The van der Waals surface area contributed by atoms with Crippen molar-refractivity contribution >= 4 is 39.5 Å². The van der Waals surface area contributed by atoms with Crippen LogP contribution in [0, 0.1) is 17.8 Å². The Morgan fingerprint density at radius 3 is 0.773 bits per heavy atom. The first-order chi connectivity index (χ1) is 42.2. The number of esters is 4. The summed E-state index contributed by atoms with van der Waals surface area (Å²) in [4.78, 5) is 72.5. The lowest BCUT2D eigenvalue weighted by atomic mass is 10.0. The van der Waals surface area contributed by atoms with E-state index in [1.165, 1.54) is 154 Å². The maximum absolute atomic E-state index is 13.0. The normalized spacial score (nSPS) is 14.2. The summed E-state index contributed by atoms with van der Waals surface area (Å²) in [6.45, 7) is 11.7. The maximum Gasteiger partial charge on any atom is 0.472 e. The van der Waals surface area contributed by atoms with Crippen LogP contribution in [0.25, 0.3) is 0 Å². The summed E-state index contributed by atoms with van der Waals surface area (Å²) in [5, 5.41) is 10.6. The largest absolute Gasteiger partial charge is 0.472 e. The molecule has 0 aliphatic rings. The van der Waals surface area contributed by atoms with Gasteiger partial charge in [0.2, 0.25) is 0 Å².